The van der Waals surface area contributed by atoms with E-state index in [0.29, 0.717) is 27.8 Å². The summed E-state index contributed by atoms with van der Waals surface area (Å²) in [6.07, 6.45) is 0. The van der Waals surface area contributed by atoms with Crippen molar-refractivity contribution >= 4 is 17.3 Å². The smallest absolute Gasteiger partial charge is 0.150 e. The molecule has 0 saturated heterocycles. The van der Waals surface area contributed by atoms with E-state index in [4.69, 9.17) is 27.3 Å². The van der Waals surface area contributed by atoms with E-state index in [2.05, 4.69) is 0 Å². The van der Waals surface area contributed by atoms with Gasteiger partial charge in [-0.05, 0) is 36.8 Å². The standard InChI is InChI=1S/C14H11ClN2O/c1-9-5-6-14(12(17)7-9)18-13-4-2-3-11(15)10(13)8-16/h2-7H,17H2,1H3. The maximum Gasteiger partial charge on any atom is 0.150 e. The maximum atomic E-state index is 9.05. The monoisotopic (exact) mass is 258 g/mol. The molecule has 3 nitrogen and oxygen atoms in total. The average molecular weight is 259 g/mol. The molecule has 0 aliphatic carbocycles. The SMILES string of the molecule is Cc1ccc(Oc2cccc(Cl)c2C#N)c(N)c1. The predicted molar refractivity (Wildman–Crippen MR) is 71.8 cm³/mol. The number of halogens is 1. The number of anilines is 1. The van der Waals surface area contributed by atoms with Gasteiger partial charge in [0, 0.05) is 0 Å². The molecule has 0 saturated carbocycles. The molecule has 0 heterocycles. The number of hydrogen-bond donors (Lipinski definition) is 1. The van der Waals surface area contributed by atoms with Gasteiger partial charge in [0.15, 0.2) is 0 Å². The molecule has 4 heteroatoms. The lowest BCUT2D eigenvalue weighted by atomic mass is 10.2. The van der Waals surface area contributed by atoms with Crippen LogP contribution in [0, 0.1) is 18.3 Å². The van der Waals surface area contributed by atoms with E-state index in [9.17, 15) is 0 Å². The largest absolute Gasteiger partial charge is 0.454 e. The molecule has 0 atom stereocenters. The number of ether oxygens (including phenoxy) is 1. The molecular weight excluding hydrogens is 248 g/mol. The number of rotatable bonds is 2. The molecule has 0 aliphatic rings. The molecule has 0 aromatic heterocycles. The van der Waals surface area contributed by atoms with E-state index in [1.54, 1.807) is 24.3 Å². The fraction of sp³-hybridized carbons (Fsp3) is 0.0714. The third-order valence-electron chi connectivity index (χ3n) is 2.47. The Labute approximate surface area is 110 Å². The third kappa shape index (κ3) is 2.39. The molecule has 2 aromatic carbocycles. The lowest BCUT2D eigenvalue weighted by Gasteiger charge is -2.10. The van der Waals surface area contributed by atoms with Gasteiger partial charge in [-0.1, -0.05) is 23.7 Å². The van der Waals surface area contributed by atoms with Crippen molar-refractivity contribution in [1.82, 2.24) is 0 Å². The summed E-state index contributed by atoms with van der Waals surface area (Å²) in [6, 6.07) is 12.5. The van der Waals surface area contributed by atoms with Gasteiger partial charge in [0.05, 0.1) is 10.7 Å². The van der Waals surface area contributed by atoms with Crippen molar-refractivity contribution in [2.24, 2.45) is 0 Å². The molecule has 0 fully saturated rings. The summed E-state index contributed by atoms with van der Waals surface area (Å²) in [7, 11) is 0. The molecular formula is C14H11ClN2O. The molecule has 2 N–H and O–H groups in total. The fourth-order valence-electron chi connectivity index (χ4n) is 1.58. The van der Waals surface area contributed by atoms with E-state index in [0.717, 1.165) is 5.56 Å². The van der Waals surface area contributed by atoms with Crippen molar-refractivity contribution in [2.45, 2.75) is 6.92 Å². The summed E-state index contributed by atoms with van der Waals surface area (Å²) >= 11 is 5.93. The number of nitrogens with two attached hydrogens (primary N) is 1. The normalized spacial score (nSPS) is 9.83. The van der Waals surface area contributed by atoms with Crippen molar-refractivity contribution in [3.05, 3.63) is 52.5 Å². The molecule has 0 radical (unpaired) electrons. The average Bonchev–Trinajstić information content (AvgIpc) is 2.33. The van der Waals surface area contributed by atoms with Gasteiger partial charge in [0.1, 0.15) is 23.1 Å². The number of nitrogens with zero attached hydrogens (tertiary/aromatic N) is 1. The Hall–Kier alpha value is -2.18. The first-order valence-electron chi connectivity index (χ1n) is 5.34. The van der Waals surface area contributed by atoms with E-state index in [1.807, 2.05) is 25.1 Å². The molecule has 2 aromatic rings. The van der Waals surface area contributed by atoms with Gasteiger partial charge in [-0.15, -0.1) is 0 Å². The molecule has 18 heavy (non-hydrogen) atoms. The minimum Gasteiger partial charge on any atom is -0.454 e. The summed E-state index contributed by atoms with van der Waals surface area (Å²) in [5.41, 5.74) is 7.74. The first kappa shape index (κ1) is 12.3. The van der Waals surface area contributed by atoms with Crippen molar-refractivity contribution in [3.8, 4) is 17.6 Å². The van der Waals surface area contributed by atoms with Gasteiger partial charge in [0.2, 0.25) is 0 Å². The first-order chi connectivity index (χ1) is 8.61. The van der Waals surface area contributed by atoms with Crippen LogP contribution in [0.3, 0.4) is 0 Å². The minimum atomic E-state index is 0.305. The van der Waals surface area contributed by atoms with Gasteiger partial charge in [-0.25, -0.2) is 0 Å². The molecule has 0 spiro atoms. The van der Waals surface area contributed by atoms with Crippen LogP contribution in [-0.4, -0.2) is 0 Å². The molecule has 0 bridgehead atoms. The van der Waals surface area contributed by atoms with Crippen LogP contribution < -0.4 is 10.5 Å². The molecule has 0 amide bonds. The van der Waals surface area contributed by atoms with Crippen LogP contribution in [0.15, 0.2) is 36.4 Å². The Morgan fingerprint density at radius 1 is 1.22 bits per heavy atom. The lowest BCUT2D eigenvalue weighted by molar-refractivity contribution is 0.483. The van der Waals surface area contributed by atoms with Crippen LogP contribution in [0.1, 0.15) is 11.1 Å². The van der Waals surface area contributed by atoms with Gasteiger partial charge in [-0.3, -0.25) is 0 Å². The highest BCUT2D eigenvalue weighted by atomic mass is 35.5. The zero-order valence-corrected chi connectivity index (χ0v) is 10.5. The van der Waals surface area contributed by atoms with Crippen molar-refractivity contribution in [2.75, 3.05) is 5.73 Å². The van der Waals surface area contributed by atoms with Crippen LogP contribution in [-0.2, 0) is 0 Å². The zero-order chi connectivity index (χ0) is 13.1. The van der Waals surface area contributed by atoms with E-state index in [1.165, 1.54) is 0 Å². The van der Waals surface area contributed by atoms with Crippen LogP contribution in [0.4, 0.5) is 5.69 Å². The lowest BCUT2D eigenvalue weighted by Crippen LogP contribution is -1.94. The van der Waals surface area contributed by atoms with Crippen LogP contribution in [0.2, 0.25) is 5.02 Å². The van der Waals surface area contributed by atoms with Crippen LogP contribution in [0.5, 0.6) is 11.5 Å². The second kappa shape index (κ2) is 4.99. The van der Waals surface area contributed by atoms with Crippen LogP contribution >= 0.6 is 11.6 Å². The van der Waals surface area contributed by atoms with E-state index < -0.39 is 0 Å². The quantitative estimate of drug-likeness (QED) is 0.831. The second-order valence-corrected chi connectivity index (χ2v) is 4.28. The summed E-state index contributed by atoms with van der Waals surface area (Å²) in [5, 5.41) is 9.41. The van der Waals surface area contributed by atoms with Gasteiger partial charge < -0.3 is 10.5 Å². The van der Waals surface area contributed by atoms with Gasteiger partial charge in [-0.2, -0.15) is 5.26 Å². The molecule has 2 rings (SSSR count). The minimum absolute atomic E-state index is 0.305. The highest BCUT2D eigenvalue weighted by Gasteiger charge is 2.10. The van der Waals surface area contributed by atoms with Crippen LogP contribution in [0.25, 0.3) is 0 Å². The topological polar surface area (TPSA) is 59.0 Å². The zero-order valence-electron chi connectivity index (χ0n) is 9.77. The Morgan fingerprint density at radius 2 is 2.00 bits per heavy atom. The van der Waals surface area contributed by atoms with Gasteiger partial charge >= 0.3 is 0 Å². The van der Waals surface area contributed by atoms with Crippen molar-refractivity contribution in [1.29, 1.82) is 5.26 Å². The van der Waals surface area contributed by atoms with Crippen molar-refractivity contribution < 1.29 is 4.74 Å². The maximum absolute atomic E-state index is 9.05. The fourth-order valence-corrected chi connectivity index (χ4v) is 1.79. The Balaban J connectivity index is 2.41. The molecule has 0 unspecified atom stereocenters. The summed E-state index contributed by atoms with van der Waals surface area (Å²) < 4.78 is 5.64. The summed E-state index contributed by atoms with van der Waals surface area (Å²) in [5.74, 6) is 0.917. The Bertz CT molecular complexity index is 632. The highest BCUT2D eigenvalue weighted by molar-refractivity contribution is 6.31. The number of nitriles is 1. The Morgan fingerprint density at radius 3 is 2.67 bits per heavy atom. The number of nitrogen functional groups attached to an aromatic ring is 1. The van der Waals surface area contributed by atoms with Crippen molar-refractivity contribution in [3.63, 3.8) is 0 Å². The summed E-state index contributed by atoms with van der Waals surface area (Å²) in [4.78, 5) is 0. The highest BCUT2D eigenvalue weighted by Crippen LogP contribution is 2.32. The first-order valence-corrected chi connectivity index (χ1v) is 5.72. The van der Waals surface area contributed by atoms with E-state index in [-0.39, 0.29) is 0 Å². The summed E-state index contributed by atoms with van der Waals surface area (Å²) in [6.45, 7) is 1.94. The number of hydrogen-bond acceptors (Lipinski definition) is 3. The molecule has 90 valence electrons. The van der Waals surface area contributed by atoms with E-state index >= 15 is 0 Å². The number of aryl methyl sites for hydroxylation is 1. The second-order valence-electron chi connectivity index (χ2n) is 3.87. The predicted octanol–water partition coefficient (Wildman–Crippen LogP) is 3.89. The number of benzene rings is 2. The third-order valence-corrected chi connectivity index (χ3v) is 2.79. The molecule has 0 aliphatic heterocycles. The Kier molecular flexibility index (Phi) is 3.40. The van der Waals surface area contributed by atoms with Gasteiger partial charge in [0.25, 0.3) is 0 Å².